The maximum atomic E-state index is 11.4. The number of methoxy groups -OCH3 is 1. The molecule has 1 atom stereocenters. The highest BCUT2D eigenvalue weighted by atomic mass is 16.6. The van der Waals surface area contributed by atoms with Crippen LogP contribution in [-0.4, -0.2) is 48.2 Å². The van der Waals surface area contributed by atoms with E-state index in [-0.39, 0.29) is 23.2 Å². The van der Waals surface area contributed by atoms with Gasteiger partial charge in [0.25, 0.3) is 5.69 Å². The van der Waals surface area contributed by atoms with Gasteiger partial charge in [-0.2, -0.15) is 0 Å². The van der Waals surface area contributed by atoms with Gasteiger partial charge in [-0.05, 0) is 18.8 Å². The number of ether oxygens (including phenoxy) is 1. The van der Waals surface area contributed by atoms with Gasteiger partial charge < -0.3 is 15.2 Å². The van der Waals surface area contributed by atoms with Crippen molar-refractivity contribution in [1.29, 1.82) is 0 Å². The van der Waals surface area contributed by atoms with Gasteiger partial charge in [0.05, 0.1) is 18.1 Å². The van der Waals surface area contributed by atoms with Gasteiger partial charge in [0.1, 0.15) is 0 Å². The number of phenolic OH excluding ortho intramolecular Hbond substituents is 1. The van der Waals surface area contributed by atoms with E-state index >= 15 is 0 Å². The van der Waals surface area contributed by atoms with Crippen molar-refractivity contribution in [1.82, 2.24) is 10.2 Å². The number of aromatic hydroxyl groups is 1. The number of nitro groups is 1. The number of nitrogens with one attached hydrogen (secondary N) is 1. The molecule has 0 unspecified atom stereocenters. The Balaban J connectivity index is 2.04. The fourth-order valence-electron chi connectivity index (χ4n) is 4.26. The van der Waals surface area contributed by atoms with Gasteiger partial charge in [0, 0.05) is 43.9 Å². The monoisotopic (exact) mass is 349 g/mol. The molecule has 1 saturated carbocycles. The third kappa shape index (κ3) is 3.88. The molecule has 1 aromatic carbocycles. The van der Waals surface area contributed by atoms with E-state index in [1.807, 2.05) is 0 Å². The maximum absolute atomic E-state index is 11.4. The highest BCUT2D eigenvalue weighted by Crippen LogP contribution is 2.45. The fraction of sp³-hybridized carbons (Fsp3) is 0.667. The minimum atomic E-state index is -0.416. The molecule has 1 aliphatic heterocycles. The Kier molecular flexibility index (Phi) is 5.75. The summed E-state index contributed by atoms with van der Waals surface area (Å²) in [6, 6.07) is 2.84. The van der Waals surface area contributed by atoms with Crippen molar-refractivity contribution in [3.8, 4) is 11.5 Å². The van der Waals surface area contributed by atoms with E-state index in [4.69, 9.17) is 4.74 Å². The van der Waals surface area contributed by atoms with E-state index < -0.39 is 4.92 Å². The van der Waals surface area contributed by atoms with Crippen molar-refractivity contribution in [2.45, 2.75) is 38.1 Å². The summed E-state index contributed by atoms with van der Waals surface area (Å²) in [7, 11) is 1.43. The largest absolute Gasteiger partial charge is 0.504 e. The van der Waals surface area contributed by atoms with Crippen LogP contribution in [0.2, 0.25) is 0 Å². The third-order valence-electron chi connectivity index (χ3n) is 5.48. The van der Waals surface area contributed by atoms with Crippen LogP contribution in [0.4, 0.5) is 5.69 Å². The first-order valence-corrected chi connectivity index (χ1v) is 9.12. The second-order valence-corrected chi connectivity index (χ2v) is 6.97. The van der Waals surface area contributed by atoms with Crippen LogP contribution in [0.3, 0.4) is 0 Å². The molecule has 2 N–H and O–H groups in total. The van der Waals surface area contributed by atoms with E-state index in [9.17, 15) is 15.2 Å². The molecule has 25 heavy (non-hydrogen) atoms. The van der Waals surface area contributed by atoms with Crippen LogP contribution in [-0.2, 0) is 0 Å². The van der Waals surface area contributed by atoms with Crippen molar-refractivity contribution in [2.75, 3.05) is 33.3 Å². The quantitative estimate of drug-likeness (QED) is 0.628. The third-order valence-corrected chi connectivity index (χ3v) is 5.48. The number of rotatable bonds is 5. The van der Waals surface area contributed by atoms with Gasteiger partial charge in [-0.15, -0.1) is 0 Å². The highest BCUT2D eigenvalue weighted by Gasteiger charge is 2.34. The first-order valence-electron chi connectivity index (χ1n) is 9.12. The van der Waals surface area contributed by atoms with Crippen LogP contribution < -0.4 is 10.1 Å². The Bertz CT molecular complexity index is 593. The number of hydrogen-bond donors (Lipinski definition) is 2. The summed E-state index contributed by atoms with van der Waals surface area (Å²) in [5.74, 6) is 0.631. The molecular formula is C18H27N3O4. The molecule has 7 nitrogen and oxygen atoms in total. The lowest BCUT2D eigenvalue weighted by Crippen LogP contribution is -2.47. The maximum Gasteiger partial charge on any atom is 0.273 e. The molecule has 1 aromatic rings. The minimum Gasteiger partial charge on any atom is -0.504 e. The molecule has 0 aromatic heterocycles. The number of hydrogen-bond acceptors (Lipinski definition) is 6. The first-order chi connectivity index (χ1) is 12.1. The van der Waals surface area contributed by atoms with E-state index in [1.54, 1.807) is 6.07 Å². The van der Waals surface area contributed by atoms with Gasteiger partial charge in [0.2, 0.25) is 0 Å². The van der Waals surface area contributed by atoms with Crippen LogP contribution in [0.5, 0.6) is 11.5 Å². The van der Waals surface area contributed by atoms with Gasteiger partial charge in [-0.3, -0.25) is 15.0 Å². The van der Waals surface area contributed by atoms with Crippen LogP contribution in [0.1, 0.15) is 43.7 Å². The van der Waals surface area contributed by atoms with Crippen LogP contribution in [0, 0.1) is 16.0 Å². The molecule has 1 aliphatic carbocycles. The lowest BCUT2D eigenvalue weighted by molar-refractivity contribution is -0.385. The summed E-state index contributed by atoms with van der Waals surface area (Å²) in [5, 5.41) is 25.4. The van der Waals surface area contributed by atoms with Crippen LogP contribution in [0.25, 0.3) is 0 Å². The zero-order valence-electron chi connectivity index (χ0n) is 14.7. The molecule has 0 bridgehead atoms. The summed E-state index contributed by atoms with van der Waals surface area (Å²) >= 11 is 0. The van der Waals surface area contributed by atoms with Crippen molar-refractivity contribution in [3.05, 3.63) is 27.8 Å². The smallest absolute Gasteiger partial charge is 0.273 e. The number of non-ortho nitro benzene ring substituents is 1. The predicted octanol–water partition coefficient (Wildman–Crippen LogP) is 2.84. The van der Waals surface area contributed by atoms with Crippen molar-refractivity contribution in [3.63, 3.8) is 0 Å². The number of nitrogens with zero attached hydrogens (tertiary/aromatic N) is 2. The van der Waals surface area contributed by atoms with Crippen molar-refractivity contribution >= 4 is 5.69 Å². The number of nitro benzene ring substituents is 1. The molecule has 1 heterocycles. The zero-order valence-corrected chi connectivity index (χ0v) is 14.7. The SMILES string of the molecule is COc1cc([N+](=O)[O-])cc([C@H](C2CCCCC2)N2CCNCC2)c1O. The molecule has 0 radical (unpaired) electrons. The second kappa shape index (κ2) is 8.01. The minimum absolute atomic E-state index is 0.00352. The normalized spacial score (nSPS) is 21.0. The lowest BCUT2D eigenvalue weighted by atomic mass is 9.79. The highest BCUT2D eigenvalue weighted by molar-refractivity contribution is 5.55. The molecule has 3 rings (SSSR count). The van der Waals surface area contributed by atoms with E-state index in [0.717, 1.165) is 39.0 Å². The molecule has 0 amide bonds. The Morgan fingerprint density at radius 2 is 1.96 bits per heavy atom. The molecule has 2 fully saturated rings. The van der Waals surface area contributed by atoms with Crippen molar-refractivity contribution < 1.29 is 14.8 Å². The Morgan fingerprint density at radius 3 is 2.56 bits per heavy atom. The summed E-state index contributed by atoms with van der Waals surface area (Å²) in [4.78, 5) is 13.3. The first kappa shape index (κ1) is 17.9. The second-order valence-electron chi connectivity index (χ2n) is 6.97. The summed E-state index contributed by atoms with van der Waals surface area (Å²) < 4.78 is 5.22. The Morgan fingerprint density at radius 1 is 1.28 bits per heavy atom. The van der Waals surface area contributed by atoms with Gasteiger partial charge in [-0.1, -0.05) is 19.3 Å². The van der Waals surface area contributed by atoms with Crippen LogP contribution in [0.15, 0.2) is 12.1 Å². The van der Waals surface area contributed by atoms with Crippen molar-refractivity contribution in [2.24, 2.45) is 5.92 Å². The molecule has 1 saturated heterocycles. The lowest BCUT2D eigenvalue weighted by Gasteiger charge is -2.41. The summed E-state index contributed by atoms with van der Waals surface area (Å²) in [5.41, 5.74) is 0.612. The number of phenols is 1. The Hall–Kier alpha value is -1.86. The van der Waals surface area contributed by atoms with Gasteiger partial charge in [-0.25, -0.2) is 0 Å². The van der Waals surface area contributed by atoms with E-state index in [1.165, 1.54) is 32.4 Å². The molecular weight excluding hydrogens is 322 g/mol. The average Bonchev–Trinajstić information content (AvgIpc) is 2.65. The predicted molar refractivity (Wildman–Crippen MR) is 95.1 cm³/mol. The topological polar surface area (TPSA) is 87.9 Å². The summed E-state index contributed by atoms with van der Waals surface area (Å²) in [6.45, 7) is 3.56. The Labute approximate surface area is 148 Å². The van der Waals surface area contributed by atoms with Gasteiger partial charge in [0.15, 0.2) is 11.5 Å². The standard InChI is InChI=1S/C18H27N3O4/c1-25-16-12-14(21(23)24)11-15(18(16)22)17(13-5-3-2-4-6-13)20-9-7-19-8-10-20/h11-13,17,19,22H,2-10H2,1H3/t17-/m0/s1. The molecule has 7 heteroatoms. The molecule has 0 spiro atoms. The summed E-state index contributed by atoms with van der Waals surface area (Å²) in [6.07, 6.45) is 5.80. The zero-order chi connectivity index (χ0) is 17.8. The van der Waals surface area contributed by atoms with Gasteiger partial charge >= 0.3 is 0 Å². The fourth-order valence-corrected chi connectivity index (χ4v) is 4.26. The van der Waals surface area contributed by atoms with Crippen LogP contribution >= 0.6 is 0 Å². The number of piperazine rings is 1. The molecule has 2 aliphatic rings. The van der Waals surface area contributed by atoms with E-state index in [0.29, 0.717) is 11.5 Å². The average molecular weight is 349 g/mol. The molecule has 138 valence electrons. The number of benzene rings is 1. The van der Waals surface area contributed by atoms with E-state index in [2.05, 4.69) is 10.2 Å².